The summed E-state index contributed by atoms with van der Waals surface area (Å²) < 4.78 is 0. The van der Waals surface area contributed by atoms with Crippen molar-refractivity contribution in [2.24, 2.45) is 0 Å². The lowest BCUT2D eigenvalue weighted by Gasteiger charge is -2.32. The van der Waals surface area contributed by atoms with Crippen molar-refractivity contribution >= 4 is 23.3 Å². The molecule has 1 heterocycles. The van der Waals surface area contributed by atoms with E-state index in [1.165, 1.54) is 19.3 Å². The molecule has 0 unspecified atom stereocenters. The number of halogens is 1. The Bertz CT molecular complexity index is 505. The van der Waals surface area contributed by atoms with Gasteiger partial charge in [0.25, 0.3) is 0 Å². The average molecular weight is 280 g/mol. The van der Waals surface area contributed by atoms with Gasteiger partial charge in [0.15, 0.2) is 0 Å². The number of aliphatic carboxylic acids is 1. The predicted octanol–water partition coefficient (Wildman–Crippen LogP) is 3.45. The molecule has 0 bridgehead atoms. The summed E-state index contributed by atoms with van der Waals surface area (Å²) in [5.41, 5.74) is 1.30. The van der Waals surface area contributed by atoms with E-state index >= 15 is 0 Å². The molecule has 1 N–H and O–H groups in total. The van der Waals surface area contributed by atoms with E-state index in [4.69, 9.17) is 11.6 Å². The van der Waals surface area contributed by atoms with Crippen molar-refractivity contribution in [1.29, 1.82) is 0 Å². The molecule has 1 aromatic rings. The molecule has 0 radical (unpaired) electrons. The maximum Gasteiger partial charge on any atom is 0.314 e. The van der Waals surface area contributed by atoms with Gasteiger partial charge >= 0.3 is 5.97 Å². The van der Waals surface area contributed by atoms with Crippen LogP contribution in [0.25, 0.3) is 0 Å². The van der Waals surface area contributed by atoms with Gasteiger partial charge in [-0.05, 0) is 55.9 Å². The Morgan fingerprint density at radius 2 is 1.89 bits per heavy atom. The van der Waals surface area contributed by atoms with Gasteiger partial charge in [0, 0.05) is 23.8 Å². The first-order valence-electron chi connectivity index (χ1n) is 6.92. The monoisotopic (exact) mass is 279 g/mol. The fourth-order valence-corrected chi connectivity index (χ4v) is 3.20. The van der Waals surface area contributed by atoms with E-state index in [0.29, 0.717) is 5.02 Å². The molecule has 1 aliphatic carbocycles. The number of nitrogens with zero attached hydrogens (tertiary/aromatic N) is 1. The molecule has 0 atom stereocenters. The van der Waals surface area contributed by atoms with Crippen molar-refractivity contribution in [3.63, 3.8) is 0 Å². The van der Waals surface area contributed by atoms with Gasteiger partial charge in [-0.25, -0.2) is 0 Å². The van der Waals surface area contributed by atoms with E-state index in [1.54, 1.807) is 0 Å². The summed E-state index contributed by atoms with van der Waals surface area (Å²) in [5, 5.41) is 10.1. The minimum atomic E-state index is -0.715. The van der Waals surface area contributed by atoms with Crippen LogP contribution in [0.2, 0.25) is 5.02 Å². The summed E-state index contributed by atoms with van der Waals surface area (Å²) in [7, 11) is 0. The van der Waals surface area contributed by atoms with E-state index in [9.17, 15) is 9.90 Å². The van der Waals surface area contributed by atoms with Gasteiger partial charge < -0.3 is 10.0 Å². The zero-order valence-electron chi connectivity index (χ0n) is 10.9. The Morgan fingerprint density at radius 1 is 1.21 bits per heavy atom. The Kier molecular flexibility index (Phi) is 3.17. The molecule has 2 fully saturated rings. The zero-order chi connectivity index (χ0) is 13.5. The van der Waals surface area contributed by atoms with Crippen molar-refractivity contribution in [1.82, 2.24) is 0 Å². The van der Waals surface area contributed by atoms with Crippen LogP contribution in [0.3, 0.4) is 0 Å². The van der Waals surface area contributed by atoms with Gasteiger partial charge in [-0.3, -0.25) is 4.79 Å². The van der Waals surface area contributed by atoms with Crippen LogP contribution in [0.5, 0.6) is 0 Å². The molecule has 19 heavy (non-hydrogen) atoms. The Morgan fingerprint density at radius 3 is 2.47 bits per heavy atom. The van der Waals surface area contributed by atoms with Gasteiger partial charge in [0.2, 0.25) is 0 Å². The fraction of sp³-hybridized carbons (Fsp3) is 0.533. The predicted molar refractivity (Wildman–Crippen MR) is 76.1 cm³/mol. The van der Waals surface area contributed by atoms with Gasteiger partial charge in [0.05, 0.1) is 5.41 Å². The van der Waals surface area contributed by atoms with E-state index < -0.39 is 11.4 Å². The summed E-state index contributed by atoms with van der Waals surface area (Å²) in [6.07, 6.45) is 5.08. The summed E-state index contributed by atoms with van der Waals surface area (Å²) in [6.45, 7) is 2.04. The Balaban J connectivity index is 2.02. The fourth-order valence-electron chi connectivity index (χ4n) is 3.03. The van der Waals surface area contributed by atoms with E-state index in [1.807, 2.05) is 18.2 Å². The third kappa shape index (κ3) is 2.20. The van der Waals surface area contributed by atoms with Crippen molar-refractivity contribution in [3.05, 3.63) is 28.8 Å². The topological polar surface area (TPSA) is 40.5 Å². The highest BCUT2D eigenvalue weighted by atomic mass is 35.5. The van der Waals surface area contributed by atoms with E-state index in [0.717, 1.165) is 37.2 Å². The van der Waals surface area contributed by atoms with Crippen LogP contribution in [-0.2, 0) is 10.2 Å². The van der Waals surface area contributed by atoms with Gasteiger partial charge in [-0.2, -0.15) is 0 Å². The molecule has 102 valence electrons. The van der Waals surface area contributed by atoms with Crippen LogP contribution in [0.15, 0.2) is 18.2 Å². The van der Waals surface area contributed by atoms with Gasteiger partial charge in [0.1, 0.15) is 0 Å². The number of benzene rings is 1. The van der Waals surface area contributed by atoms with Crippen molar-refractivity contribution in [2.75, 3.05) is 18.0 Å². The molecule has 0 spiro atoms. The zero-order valence-corrected chi connectivity index (χ0v) is 11.6. The van der Waals surface area contributed by atoms with Crippen molar-refractivity contribution in [2.45, 2.75) is 37.5 Å². The molecule has 1 aromatic carbocycles. The summed E-state index contributed by atoms with van der Waals surface area (Å²) in [4.78, 5) is 13.9. The molecule has 0 aromatic heterocycles. The van der Waals surface area contributed by atoms with Crippen LogP contribution >= 0.6 is 11.6 Å². The lowest BCUT2D eigenvalue weighted by molar-refractivity contribution is -0.140. The van der Waals surface area contributed by atoms with Crippen molar-refractivity contribution in [3.8, 4) is 0 Å². The number of rotatable bonds is 3. The lowest BCUT2D eigenvalue weighted by Crippen LogP contribution is -2.32. The second-order valence-corrected chi connectivity index (χ2v) is 6.03. The first kappa shape index (κ1) is 12.8. The highest BCUT2D eigenvalue weighted by Crippen LogP contribution is 2.52. The standard InChI is InChI=1S/C15H18ClNO2/c16-11-4-5-13(17-8-2-1-3-9-17)12(10-11)15(6-7-15)14(18)19/h4-5,10H,1-3,6-9H2,(H,18,19). The Labute approximate surface area is 118 Å². The summed E-state index contributed by atoms with van der Waals surface area (Å²) in [6, 6.07) is 5.71. The quantitative estimate of drug-likeness (QED) is 0.921. The molecule has 3 nitrogen and oxygen atoms in total. The number of anilines is 1. The molecule has 3 rings (SSSR count). The SMILES string of the molecule is O=C(O)C1(c2cc(Cl)ccc2N2CCCCC2)CC1. The smallest absolute Gasteiger partial charge is 0.314 e. The van der Waals surface area contributed by atoms with Crippen molar-refractivity contribution < 1.29 is 9.90 Å². The normalized spacial score (nSPS) is 21.2. The molecular weight excluding hydrogens is 262 g/mol. The first-order chi connectivity index (χ1) is 9.13. The molecule has 1 aliphatic heterocycles. The second kappa shape index (κ2) is 4.71. The number of carboxylic acid groups (broad SMARTS) is 1. The number of carbonyl (C=O) groups is 1. The molecule has 0 amide bonds. The largest absolute Gasteiger partial charge is 0.481 e. The highest BCUT2D eigenvalue weighted by molar-refractivity contribution is 6.30. The van der Waals surface area contributed by atoms with Crippen LogP contribution in [0.1, 0.15) is 37.7 Å². The first-order valence-corrected chi connectivity index (χ1v) is 7.30. The van der Waals surface area contributed by atoms with Gasteiger partial charge in [-0.1, -0.05) is 11.6 Å². The van der Waals surface area contributed by atoms with Crippen LogP contribution in [-0.4, -0.2) is 24.2 Å². The molecule has 1 saturated heterocycles. The van der Waals surface area contributed by atoms with E-state index in [-0.39, 0.29) is 0 Å². The van der Waals surface area contributed by atoms with E-state index in [2.05, 4.69) is 4.90 Å². The van der Waals surface area contributed by atoms with Gasteiger partial charge in [-0.15, -0.1) is 0 Å². The highest BCUT2D eigenvalue weighted by Gasteiger charge is 2.53. The number of piperidine rings is 1. The molecular formula is C15H18ClNO2. The molecule has 2 aliphatic rings. The average Bonchev–Trinajstić information content (AvgIpc) is 3.21. The molecule has 1 saturated carbocycles. The van der Waals surface area contributed by atoms with Crippen LogP contribution < -0.4 is 4.90 Å². The van der Waals surface area contributed by atoms with Crippen LogP contribution in [0.4, 0.5) is 5.69 Å². The van der Waals surface area contributed by atoms with Crippen LogP contribution in [0, 0.1) is 0 Å². The third-order valence-corrected chi connectivity index (χ3v) is 4.57. The second-order valence-electron chi connectivity index (χ2n) is 5.60. The summed E-state index contributed by atoms with van der Waals surface area (Å²) in [5.74, 6) is -0.715. The third-order valence-electron chi connectivity index (χ3n) is 4.33. The minimum Gasteiger partial charge on any atom is -0.481 e. The number of hydrogen-bond acceptors (Lipinski definition) is 2. The number of carboxylic acids is 1. The lowest BCUT2D eigenvalue weighted by atomic mass is 9.93. The maximum absolute atomic E-state index is 11.6. The number of hydrogen-bond donors (Lipinski definition) is 1. The molecule has 4 heteroatoms. The summed E-state index contributed by atoms with van der Waals surface area (Å²) >= 11 is 6.08. The maximum atomic E-state index is 11.6. The minimum absolute atomic E-state index is 0.628. The Hall–Kier alpha value is -1.22.